The number of amides is 1. The number of anilines is 3. The fourth-order valence-electron chi connectivity index (χ4n) is 4.39. The predicted octanol–water partition coefficient (Wildman–Crippen LogP) is 0.330. The van der Waals surface area contributed by atoms with Crippen LogP contribution in [0.15, 0.2) is 59.4 Å². The van der Waals surface area contributed by atoms with Gasteiger partial charge in [0.1, 0.15) is 11.6 Å². The van der Waals surface area contributed by atoms with E-state index in [1.54, 1.807) is 24.4 Å². The maximum absolute atomic E-state index is 12.2. The molecule has 13 nitrogen and oxygen atoms in total. The molecule has 0 unspecified atom stereocenters. The van der Waals surface area contributed by atoms with Crippen molar-refractivity contribution in [3.8, 4) is 28.8 Å². The molecule has 0 atom stereocenters. The van der Waals surface area contributed by atoms with E-state index >= 15 is 0 Å². The number of nitrogens with zero attached hydrogens (tertiary/aromatic N) is 7. The van der Waals surface area contributed by atoms with Crippen LogP contribution in [0, 0.1) is 11.8 Å². The van der Waals surface area contributed by atoms with Crippen molar-refractivity contribution >= 4 is 28.9 Å². The molecule has 1 saturated heterocycles. The Morgan fingerprint density at radius 1 is 1.15 bits per heavy atom. The zero-order chi connectivity index (χ0) is 28.6. The number of nitrogens with two attached hydrogens (primary N) is 2. The van der Waals surface area contributed by atoms with Gasteiger partial charge in [-0.15, -0.1) is 10.2 Å². The summed E-state index contributed by atoms with van der Waals surface area (Å²) in [6.07, 6.45) is 3.18. The van der Waals surface area contributed by atoms with Crippen LogP contribution >= 0.6 is 0 Å². The van der Waals surface area contributed by atoms with Crippen LogP contribution < -0.4 is 26.6 Å². The fraction of sp³-hybridized carbons (Fsp3) is 0.286. The van der Waals surface area contributed by atoms with Crippen LogP contribution in [0.4, 0.5) is 17.3 Å². The summed E-state index contributed by atoms with van der Waals surface area (Å²) in [4.78, 5) is 29.6. The summed E-state index contributed by atoms with van der Waals surface area (Å²) >= 11 is 0. The normalized spacial score (nSPS) is 15.5. The van der Waals surface area contributed by atoms with E-state index in [-0.39, 0.29) is 18.0 Å². The molecule has 0 saturated carbocycles. The number of benzene rings is 1. The van der Waals surface area contributed by atoms with Crippen molar-refractivity contribution in [1.82, 2.24) is 25.5 Å². The minimum atomic E-state index is -0.433. The molecule has 1 amide bonds. The van der Waals surface area contributed by atoms with E-state index in [4.69, 9.17) is 16.2 Å². The number of carbonyl (C=O) groups excluding carboxylic acids is 1. The van der Waals surface area contributed by atoms with Gasteiger partial charge in [0.2, 0.25) is 5.82 Å². The van der Waals surface area contributed by atoms with Crippen molar-refractivity contribution in [2.75, 3.05) is 68.0 Å². The van der Waals surface area contributed by atoms with E-state index in [0.717, 1.165) is 11.5 Å². The third-order valence-electron chi connectivity index (χ3n) is 6.49. The zero-order valence-corrected chi connectivity index (χ0v) is 22.3. The van der Waals surface area contributed by atoms with Crippen molar-refractivity contribution in [1.29, 1.82) is 0 Å². The second-order valence-corrected chi connectivity index (χ2v) is 9.24. The monoisotopic (exact) mass is 554 g/mol. The summed E-state index contributed by atoms with van der Waals surface area (Å²) in [7, 11) is 0. The lowest BCUT2D eigenvalue weighted by Crippen LogP contribution is -2.47. The molecule has 6 N–H and O–H groups in total. The van der Waals surface area contributed by atoms with Crippen LogP contribution in [0.1, 0.15) is 5.82 Å². The summed E-state index contributed by atoms with van der Waals surface area (Å²) in [5.74, 6) is 6.89. The Bertz CT molecular complexity index is 1540. The first kappa shape index (κ1) is 27.4. The van der Waals surface area contributed by atoms with Gasteiger partial charge >= 0.3 is 0 Å². The van der Waals surface area contributed by atoms with E-state index in [1.165, 1.54) is 6.08 Å². The summed E-state index contributed by atoms with van der Waals surface area (Å²) in [6.45, 7) is 4.30. The highest BCUT2D eigenvalue weighted by Crippen LogP contribution is 2.31. The van der Waals surface area contributed by atoms with Gasteiger partial charge in [-0.3, -0.25) is 9.79 Å². The highest BCUT2D eigenvalue weighted by atomic mass is 16.5. The lowest BCUT2D eigenvalue weighted by Gasteiger charge is -2.36. The van der Waals surface area contributed by atoms with Crippen LogP contribution in [0.25, 0.3) is 11.3 Å². The molecule has 210 valence electrons. The van der Waals surface area contributed by atoms with Crippen LogP contribution in [0.3, 0.4) is 0 Å². The van der Waals surface area contributed by atoms with Crippen LogP contribution in [-0.4, -0.2) is 89.4 Å². The molecule has 1 aromatic carbocycles. The number of para-hydroxylation sites is 1. The van der Waals surface area contributed by atoms with Crippen LogP contribution in [-0.2, 0) is 9.53 Å². The number of nitrogens with one attached hydrogen (secondary N) is 1. The van der Waals surface area contributed by atoms with Gasteiger partial charge in [-0.2, -0.15) is 0 Å². The molecule has 0 bridgehead atoms. The van der Waals surface area contributed by atoms with Gasteiger partial charge in [0, 0.05) is 37.9 Å². The molecule has 5 rings (SSSR count). The van der Waals surface area contributed by atoms with Gasteiger partial charge in [-0.25, -0.2) is 9.97 Å². The molecule has 3 aromatic rings. The highest BCUT2D eigenvalue weighted by molar-refractivity contribution is 6.04. The predicted molar refractivity (Wildman–Crippen MR) is 155 cm³/mol. The number of rotatable bonds is 6. The number of hydrogen-bond donors (Lipinski definition) is 4. The van der Waals surface area contributed by atoms with Crippen molar-refractivity contribution < 1.29 is 14.6 Å². The van der Waals surface area contributed by atoms with Gasteiger partial charge in [-0.1, -0.05) is 18.1 Å². The maximum Gasteiger partial charge on any atom is 0.267 e. The quantitative estimate of drug-likeness (QED) is 0.243. The van der Waals surface area contributed by atoms with Crippen molar-refractivity contribution in [3.63, 3.8) is 0 Å². The molecular formula is C28H30N10O3. The Labute approximate surface area is 237 Å². The minimum absolute atomic E-state index is 0.0483. The average molecular weight is 555 g/mol. The average Bonchev–Trinajstić information content (AvgIpc) is 3.00. The largest absolute Gasteiger partial charge is 0.507 e. The highest BCUT2D eigenvalue weighted by Gasteiger charge is 2.22. The minimum Gasteiger partial charge on any atom is -0.507 e. The Hall–Kier alpha value is -5.22. The molecule has 0 aliphatic carbocycles. The number of hydrogen-bond acceptors (Lipinski definition) is 12. The number of aromatic nitrogens is 4. The molecule has 4 heterocycles. The van der Waals surface area contributed by atoms with Crippen molar-refractivity contribution in [3.05, 3.63) is 60.2 Å². The van der Waals surface area contributed by atoms with Gasteiger partial charge < -0.3 is 36.4 Å². The zero-order valence-electron chi connectivity index (χ0n) is 22.3. The van der Waals surface area contributed by atoms with E-state index in [2.05, 4.69) is 52.1 Å². The number of nitrogen functional groups attached to an aromatic ring is 1. The summed E-state index contributed by atoms with van der Waals surface area (Å²) in [6, 6.07) is 10.7. The first-order valence-corrected chi connectivity index (χ1v) is 13.1. The maximum atomic E-state index is 12.2. The summed E-state index contributed by atoms with van der Waals surface area (Å²) in [5, 5.41) is 21.2. The van der Waals surface area contributed by atoms with Gasteiger partial charge in [-0.05, 0) is 36.3 Å². The third kappa shape index (κ3) is 6.87. The molecule has 2 aromatic heterocycles. The Morgan fingerprint density at radius 2 is 1.95 bits per heavy atom. The molecule has 13 heteroatoms. The molecule has 0 spiro atoms. The molecular weight excluding hydrogens is 524 g/mol. The van der Waals surface area contributed by atoms with E-state index in [0.29, 0.717) is 74.5 Å². The summed E-state index contributed by atoms with van der Waals surface area (Å²) < 4.78 is 5.29. The second kappa shape index (κ2) is 12.8. The van der Waals surface area contributed by atoms with Gasteiger partial charge in [0.15, 0.2) is 5.82 Å². The van der Waals surface area contributed by atoms with Crippen LogP contribution in [0.5, 0.6) is 5.75 Å². The van der Waals surface area contributed by atoms with Crippen LogP contribution in [0.2, 0.25) is 0 Å². The Balaban J connectivity index is 1.17. The molecule has 2 aliphatic heterocycles. The van der Waals surface area contributed by atoms with E-state index in [1.807, 2.05) is 18.2 Å². The molecule has 2 aliphatic rings. The Morgan fingerprint density at radius 3 is 2.73 bits per heavy atom. The molecule has 1 fully saturated rings. The molecule has 0 radical (unpaired) electrons. The lowest BCUT2D eigenvalue weighted by molar-refractivity contribution is -0.117. The standard InChI is InChI=1S/C28H30N10O3/c29-21(16-19-18-41-15-10-31-19)28(40)33-8-3-6-25-32-9-7-26(34-25)38-13-11-37(12-14-38)23-17-22(35-36-27(23)30)20-4-1-2-5-24(20)39/h1-2,4-5,7,9,16-17,39H,8,10-15,18,29H2,(H2,30,36)(H,33,40)/b21-16-. The number of phenolic OH excluding ortho intramolecular Hbond substituents is 1. The Kier molecular flexibility index (Phi) is 8.51. The number of aromatic hydroxyl groups is 1. The third-order valence-corrected chi connectivity index (χ3v) is 6.49. The fourth-order valence-corrected chi connectivity index (χ4v) is 4.39. The number of aliphatic imine (C=N–C) groups is 1. The summed E-state index contributed by atoms with van der Waals surface area (Å²) in [5.41, 5.74) is 14.6. The first-order valence-electron chi connectivity index (χ1n) is 13.1. The SMILES string of the molecule is N/C(=C\C1=NCCOC1)C(=O)NCC#Cc1nccc(N2CCN(c3cc(-c4ccccc4O)nnc3N)CC2)n1. The van der Waals surface area contributed by atoms with E-state index < -0.39 is 5.91 Å². The lowest BCUT2D eigenvalue weighted by atomic mass is 10.1. The van der Waals surface area contributed by atoms with Crippen molar-refractivity contribution in [2.45, 2.75) is 0 Å². The smallest absolute Gasteiger partial charge is 0.267 e. The number of ether oxygens (including phenoxy) is 1. The molecule has 41 heavy (non-hydrogen) atoms. The van der Waals surface area contributed by atoms with Gasteiger partial charge in [0.05, 0.1) is 49.1 Å². The first-order chi connectivity index (χ1) is 20.0. The van der Waals surface area contributed by atoms with Gasteiger partial charge in [0.25, 0.3) is 5.91 Å². The number of carbonyl (C=O) groups is 1. The van der Waals surface area contributed by atoms with E-state index in [9.17, 15) is 9.90 Å². The van der Waals surface area contributed by atoms with Crippen molar-refractivity contribution in [2.24, 2.45) is 10.7 Å². The second-order valence-electron chi connectivity index (χ2n) is 9.24. The number of piperazine rings is 1. The topological polar surface area (TPSA) is 181 Å². The number of phenols is 1.